The Morgan fingerprint density at radius 1 is 1.14 bits per heavy atom. The van der Waals surface area contributed by atoms with Crippen molar-refractivity contribution in [2.45, 2.75) is 25.7 Å². The van der Waals surface area contributed by atoms with E-state index in [0.29, 0.717) is 10.6 Å². The van der Waals surface area contributed by atoms with Gasteiger partial charge in [0.25, 0.3) is 5.91 Å². The molecule has 1 aliphatic rings. The van der Waals surface area contributed by atoms with Crippen LogP contribution in [0.25, 0.3) is 0 Å². The summed E-state index contributed by atoms with van der Waals surface area (Å²) in [6.45, 7) is 0. The number of carbonyl (C=O) groups is 1. The largest absolute Gasteiger partial charge is 0.322 e. The zero-order valence-electron chi connectivity index (χ0n) is 11.5. The number of amides is 1. The van der Waals surface area contributed by atoms with Gasteiger partial charge in [-0.05, 0) is 77.0 Å². The molecule has 1 N–H and O–H groups in total. The molecule has 1 amide bonds. The van der Waals surface area contributed by atoms with Gasteiger partial charge in [-0.15, -0.1) is 0 Å². The van der Waals surface area contributed by atoms with Gasteiger partial charge in [-0.1, -0.05) is 23.7 Å². The molecular weight excluding hydrogens is 350 g/mol. The van der Waals surface area contributed by atoms with Crippen molar-refractivity contribution in [3.8, 4) is 0 Å². The van der Waals surface area contributed by atoms with Crippen LogP contribution in [0.3, 0.4) is 0 Å². The van der Waals surface area contributed by atoms with Gasteiger partial charge >= 0.3 is 0 Å². The van der Waals surface area contributed by atoms with E-state index in [-0.39, 0.29) is 5.91 Å². The number of carbonyl (C=O) groups excluding carboxylic acids is 1. The quantitative estimate of drug-likeness (QED) is 0.776. The molecule has 0 bridgehead atoms. The third kappa shape index (κ3) is 3.14. The van der Waals surface area contributed by atoms with Crippen LogP contribution in [0.15, 0.2) is 40.9 Å². The fourth-order valence-corrected chi connectivity index (χ4v) is 3.23. The van der Waals surface area contributed by atoms with Gasteiger partial charge in [0.2, 0.25) is 0 Å². The molecule has 0 unspecified atom stereocenters. The molecule has 3 rings (SSSR count). The van der Waals surface area contributed by atoms with Gasteiger partial charge in [-0.25, -0.2) is 0 Å². The highest BCUT2D eigenvalue weighted by Gasteiger charge is 2.15. The summed E-state index contributed by atoms with van der Waals surface area (Å²) in [5.41, 5.74) is 4.17. The molecule has 0 spiro atoms. The molecule has 0 radical (unpaired) electrons. The predicted molar refractivity (Wildman–Crippen MR) is 90.2 cm³/mol. The predicted octanol–water partition coefficient (Wildman–Crippen LogP) is 5.23. The number of fused-ring (bicyclic) bond motifs is 1. The van der Waals surface area contributed by atoms with Crippen molar-refractivity contribution in [1.82, 2.24) is 0 Å². The standard InChI is InChI=1S/C17H15BrClNO/c18-14-10-12(8-9-15(14)19)17(21)20-16-7-3-5-11-4-1-2-6-13(11)16/h3,5,7-10H,1-2,4,6H2,(H,20,21). The Morgan fingerprint density at radius 2 is 1.95 bits per heavy atom. The molecule has 0 atom stereocenters. The summed E-state index contributed by atoms with van der Waals surface area (Å²) in [5, 5.41) is 3.63. The van der Waals surface area contributed by atoms with Gasteiger partial charge in [-0.3, -0.25) is 4.79 Å². The van der Waals surface area contributed by atoms with E-state index in [1.54, 1.807) is 18.2 Å². The minimum Gasteiger partial charge on any atom is -0.322 e. The maximum atomic E-state index is 12.4. The van der Waals surface area contributed by atoms with Gasteiger partial charge in [0.15, 0.2) is 0 Å². The highest BCUT2D eigenvalue weighted by molar-refractivity contribution is 9.10. The van der Waals surface area contributed by atoms with Gasteiger partial charge in [0.1, 0.15) is 0 Å². The van der Waals surface area contributed by atoms with Crippen LogP contribution in [0.1, 0.15) is 34.3 Å². The first-order valence-electron chi connectivity index (χ1n) is 7.02. The van der Waals surface area contributed by atoms with E-state index in [9.17, 15) is 4.79 Å². The molecule has 0 saturated heterocycles. The molecule has 2 aromatic carbocycles. The number of hydrogen-bond acceptors (Lipinski definition) is 1. The molecule has 0 saturated carbocycles. The lowest BCUT2D eigenvalue weighted by atomic mass is 9.90. The summed E-state index contributed by atoms with van der Waals surface area (Å²) in [4.78, 5) is 12.4. The first-order valence-corrected chi connectivity index (χ1v) is 8.19. The fourth-order valence-electron chi connectivity index (χ4n) is 2.73. The molecular formula is C17H15BrClNO. The number of nitrogens with one attached hydrogen (secondary N) is 1. The van der Waals surface area contributed by atoms with E-state index in [1.807, 2.05) is 12.1 Å². The van der Waals surface area contributed by atoms with Crippen molar-refractivity contribution in [3.05, 3.63) is 62.6 Å². The molecule has 4 heteroatoms. The second kappa shape index (κ2) is 6.20. The van der Waals surface area contributed by atoms with Crippen LogP contribution in [-0.2, 0) is 12.8 Å². The molecule has 108 valence electrons. The van der Waals surface area contributed by atoms with Crippen LogP contribution in [0.4, 0.5) is 5.69 Å². The van der Waals surface area contributed by atoms with E-state index >= 15 is 0 Å². The highest BCUT2D eigenvalue weighted by Crippen LogP contribution is 2.29. The average Bonchev–Trinajstić information content (AvgIpc) is 2.50. The van der Waals surface area contributed by atoms with E-state index in [0.717, 1.165) is 23.0 Å². The van der Waals surface area contributed by atoms with Crippen molar-refractivity contribution >= 4 is 39.1 Å². The lowest BCUT2D eigenvalue weighted by Gasteiger charge is -2.19. The number of anilines is 1. The van der Waals surface area contributed by atoms with Crippen molar-refractivity contribution in [3.63, 3.8) is 0 Å². The SMILES string of the molecule is O=C(Nc1cccc2c1CCCC2)c1ccc(Cl)c(Br)c1. The second-order valence-electron chi connectivity index (χ2n) is 5.23. The number of rotatable bonds is 2. The molecule has 0 fully saturated rings. The normalized spacial score (nSPS) is 13.6. The molecule has 21 heavy (non-hydrogen) atoms. The Balaban J connectivity index is 1.86. The van der Waals surface area contributed by atoms with E-state index in [4.69, 9.17) is 11.6 Å². The maximum absolute atomic E-state index is 12.4. The molecule has 0 aliphatic heterocycles. The van der Waals surface area contributed by atoms with E-state index < -0.39 is 0 Å². The highest BCUT2D eigenvalue weighted by atomic mass is 79.9. The smallest absolute Gasteiger partial charge is 0.255 e. The molecule has 0 aromatic heterocycles. The Kier molecular flexibility index (Phi) is 4.32. The van der Waals surface area contributed by atoms with Gasteiger partial charge in [-0.2, -0.15) is 0 Å². The molecule has 1 aliphatic carbocycles. The molecule has 2 nitrogen and oxygen atoms in total. The summed E-state index contributed by atoms with van der Waals surface area (Å²) < 4.78 is 0.729. The molecule has 2 aromatic rings. The molecule has 0 heterocycles. The van der Waals surface area contributed by atoms with Crippen LogP contribution in [-0.4, -0.2) is 5.91 Å². The first kappa shape index (κ1) is 14.6. The minimum atomic E-state index is -0.105. The summed E-state index contributed by atoms with van der Waals surface area (Å²) in [7, 11) is 0. The maximum Gasteiger partial charge on any atom is 0.255 e. The van der Waals surface area contributed by atoms with Crippen molar-refractivity contribution in [2.24, 2.45) is 0 Å². The van der Waals surface area contributed by atoms with Crippen molar-refractivity contribution < 1.29 is 4.79 Å². The summed E-state index contributed by atoms with van der Waals surface area (Å²) in [6, 6.07) is 11.3. The zero-order chi connectivity index (χ0) is 14.8. The first-order chi connectivity index (χ1) is 10.1. The number of aryl methyl sites for hydroxylation is 1. The van der Waals surface area contributed by atoms with E-state index in [2.05, 4.69) is 27.3 Å². The Bertz CT molecular complexity index is 699. The van der Waals surface area contributed by atoms with Crippen LogP contribution < -0.4 is 5.32 Å². The van der Waals surface area contributed by atoms with Crippen molar-refractivity contribution in [2.75, 3.05) is 5.32 Å². The Labute approximate surface area is 137 Å². The van der Waals surface area contributed by atoms with Gasteiger partial charge in [0.05, 0.1) is 5.02 Å². The van der Waals surface area contributed by atoms with Crippen LogP contribution >= 0.6 is 27.5 Å². The summed E-state index contributed by atoms with van der Waals surface area (Å²) in [5.74, 6) is -0.105. The van der Waals surface area contributed by atoms with Gasteiger partial charge in [0, 0.05) is 15.7 Å². The van der Waals surface area contributed by atoms with Crippen molar-refractivity contribution in [1.29, 1.82) is 0 Å². The summed E-state index contributed by atoms with van der Waals surface area (Å²) in [6.07, 6.45) is 4.56. The fraction of sp³-hybridized carbons (Fsp3) is 0.235. The number of halogens is 2. The van der Waals surface area contributed by atoms with Crippen LogP contribution in [0, 0.1) is 0 Å². The third-order valence-electron chi connectivity index (χ3n) is 3.83. The van der Waals surface area contributed by atoms with Gasteiger partial charge < -0.3 is 5.32 Å². The minimum absolute atomic E-state index is 0.105. The Morgan fingerprint density at radius 3 is 2.76 bits per heavy atom. The Hall–Kier alpha value is -1.32. The number of benzene rings is 2. The average molecular weight is 365 g/mol. The second-order valence-corrected chi connectivity index (χ2v) is 6.49. The van der Waals surface area contributed by atoms with E-state index in [1.165, 1.54) is 24.0 Å². The van der Waals surface area contributed by atoms with Crippen LogP contribution in [0.2, 0.25) is 5.02 Å². The lowest BCUT2D eigenvalue weighted by molar-refractivity contribution is 0.102. The zero-order valence-corrected chi connectivity index (χ0v) is 13.8. The number of hydrogen-bond donors (Lipinski definition) is 1. The monoisotopic (exact) mass is 363 g/mol. The third-order valence-corrected chi connectivity index (χ3v) is 5.04. The summed E-state index contributed by atoms with van der Waals surface area (Å²) >= 11 is 9.31. The van der Waals surface area contributed by atoms with Crippen LogP contribution in [0.5, 0.6) is 0 Å². The lowest BCUT2D eigenvalue weighted by Crippen LogP contribution is -2.15. The topological polar surface area (TPSA) is 29.1 Å².